The molecule has 2 atom stereocenters. The van der Waals surface area contributed by atoms with Crippen molar-refractivity contribution in [1.82, 2.24) is 25.4 Å². The van der Waals surface area contributed by atoms with Gasteiger partial charge in [0.2, 0.25) is 0 Å². The van der Waals surface area contributed by atoms with Crippen LogP contribution < -0.4 is 45.7 Å². The molecule has 2 aromatic heterocycles. The van der Waals surface area contributed by atoms with Crippen LogP contribution in [0.4, 0.5) is 5.13 Å². The van der Waals surface area contributed by atoms with Gasteiger partial charge in [0.25, 0.3) is 11.8 Å². The minimum atomic E-state index is -1.48. The molecule has 2 aliphatic rings. The number of rotatable bonds is 9. The summed E-state index contributed by atoms with van der Waals surface area (Å²) in [7, 11) is 1.55. The number of β-lactam (4-membered cyclic amide) rings is 1. The van der Waals surface area contributed by atoms with Crippen LogP contribution in [0.1, 0.15) is 10.7 Å². The summed E-state index contributed by atoms with van der Waals surface area (Å²) in [6.45, 7) is 0.330. The third kappa shape index (κ3) is 5.82. The van der Waals surface area contributed by atoms with Gasteiger partial charge in [-0.1, -0.05) is 28.3 Å². The van der Waals surface area contributed by atoms with Gasteiger partial charge in [0, 0.05) is 24.0 Å². The van der Waals surface area contributed by atoms with Crippen molar-refractivity contribution in [2.45, 2.75) is 22.4 Å². The number of ether oxygens (including phenoxy) is 1. The Morgan fingerprint density at radius 1 is 1.46 bits per heavy atom. The number of thiazole rings is 1. The smallest absolute Gasteiger partial charge is 0.543 e. The number of nitrogens with zero attached hydrogens (tertiary/aromatic N) is 5. The number of methoxy groups -OCH3 is 1. The molecule has 13 nitrogen and oxygen atoms in total. The van der Waals surface area contributed by atoms with E-state index < -0.39 is 34.9 Å². The summed E-state index contributed by atoms with van der Waals surface area (Å²) in [5, 5.41) is 36.3. The van der Waals surface area contributed by atoms with Crippen molar-refractivity contribution in [1.29, 1.82) is 0 Å². The molecule has 0 bridgehead atoms. The molecule has 0 aliphatic carbocycles. The molecule has 0 aromatic carbocycles. The third-order valence-corrected chi connectivity index (χ3v) is 8.82. The number of carbonyl (C=O) groups is 3. The Morgan fingerprint density at radius 3 is 2.86 bits per heavy atom. The normalized spacial score (nSPS) is 19.6. The van der Waals surface area contributed by atoms with Gasteiger partial charge in [0.1, 0.15) is 22.1 Å². The van der Waals surface area contributed by atoms with Crippen molar-refractivity contribution < 1.29 is 59.0 Å². The van der Waals surface area contributed by atoms with Crippen LogP contribution >= 0.6 is 46.2 Å². The molecule has 4 rings (SSSR count). The number of anilines is 1. The van der Waals surface area contributed by atoms with Gasteiger partial charge in [-0.3, -0.25) is 14.5 Å². The predicted octanol–water partition coefficient (Wildman–Crippen LogP) is -3.90. The average Bonchev–Trinajstić information content (AvgIpc) is 3.44. The number of nitrogens with two attached hydrogens (primary N) is 1. The van der Waals surface area contributed by atoms with Gasteiger partial charge >= 0.3 is 29.6 Å². The zero-order chi connectivity index (χ0) is 24.4. The summed E-state index contributed by atoms with van der Waals surface area (Å²) < 4.78 is 5.65. The summed E-state index contributed by atoms with van der Waals surface area (Å²) in [5.41, 5.74) is 5.49. The molecule has 180 valence electrons. The number of aliphatic carboxylic acids is 1. The Labute approximate surface area is 236 Å². The van der Waals surface area contributed by atoms with E-state index in [1.807, 2.05) is 0 Å². The Hall–Kier alpha value is -1.73. The number of oxime groups is 1. The second-order valence-corrected chi connectivity index (χ2v) is 11.1. The molecule has 4 heterocycles. The average molecular weight is 566 g/mol. The van der Waals surface area contributed by atoms with E-state index in [4.69, 9.17) is 10.5 Å². The van der Waals surface area contributed by atoms with Gasteiger partial charge < -0.3 is 30.9 Å². The van der Waals surface area contributed by atoms with Crippen molar-refractivity contribution in [3.63, 3.8) is 0 Å². The monoisotopic (exact) mass is 565 g/mol. The third-order valence-electron chi connectivity index (χ3n) is 4.69. The first-order valence-electron chi connectivity index (χ1n) is 9.40. The number of carboxylic acids is 1. The molecule has 4 N–H and O–H groups in total. The number of carbonyl (C=O) groups excluding carboxylic acids is 3. The SMILES string of the molecule is COCc1nnc(SCC2=C(C(=O)[O-])N3C(=O)C(NC(=O)C(=NO)c4csc(N)n4)[C@@H]3SC2)s1.[Na+]. The fourth-order valence-corrected chi connectivity index (χ4v) is 7.13. The first-order chi connectivity index (χ1) is 16.3. The molecule has 0 spiro atoms. The minimum Gasteiger partial charge on any atom is -0.543 e. The molecule has 1 fully saturated rings. The fourth-order valence-electron chi connectivity index (χ4n) is 3.23. The van der Waals surface area contributed by atoms with E-state index in [1.54, 1.807) is 7.11 Å². The van der Waals surface area contributed by atoms with Crippen LogP contribution in [0.15, 0.2) is 26.1 Å². The second kappa shape index (κ2) is 12.0. The largest absolute Gasteiger partial charge is 1.00 e. The van der Waals surface area contributed by atoms with Crippen LogP contribution in [-0.4, -0.2) is 78.8 Å². The van der Waals surface area contributed by atoms with E-state index in [0.717, 1.165) is 16.2 Å². The van der Waals surface area contributed by atoms with Crippen LogP contribution in [0.3, 0.4) is 0 Å². The number of hydrogen-bond donors (Lipinski definition) is 3. The van der Waals surface area contributed by atoms with Crippen molar-refractivity contribution >= 4 is 74.8 Å². The van der Waals surface area contributed by atoms with Crippen LogP contribution in [0, 0.1) is 0 Å². The van der Waals surface area contributed by atoms with Gasteiger partial charge in [-0.2, -0.15) is 0 Å². The van der Waals surface area contributed by atoms with Gasteiger partial charge in [-0.15, -0.1) is 33.3 Å². The van der Waals surface area contributed by atoms with Gasteiger partial charge in [-0.05, 0) is 5.57 Å². The molecule has 2 aliphatic heterocycles. The summed E-state index contributed by atoms with van der Waals surface area (Å²) in [6, 6.07) is -1.01. The zero-order valence-corrected chi connectivity index (χ0v) is 23.6. The molecule has 1 unspecified atom stereocenters. The maximum absolute atomic E-state index is 12.8. The number of carboxylic acid groups (broad SMARTS) is 1. The standard InChI is InChI=1S/C17H17N7O6S4.Na/c1-30-2-8-21-22-17(34-8)33-4-6-3-31-14-10(13(26)24(14)11(6)15(27)28)20-12(25)9(23-29)7-5-32-16(18)19-7;/h5,10,14,29H,2-4H2,1H3,(H2,18,19)(H,20,25)(H,27,28);/q;+1/p-1/t10?,14-;/m0./s1. The van der Waals surface area contributed by atoms with Crippen LogP contribution in [-0.2, 0) is 25.7 Å². The first-order valence-corrected chi connectivity index (χ1v) is 13.1. The van der Waals surface area contributed by atoms with Crippen molar-refractivity contribution in [3.8, 4) is 0 Å². The van der Waals surface area contributed by atoms with E-state index in [9.17, 15) is 24.7 Å². The molecule has 18 heteroatoms. The first kappa shape index (κ1) is 27.9. The van der Waals surface area contributed by atoms with E-state index >= 15 is 0 Å². The Morgan fingerprint density at radius 2 is 2.23 bits per heavy atom. The summed E-state index contributed by atoms with van der Waals surface area (Å²) in [6.07, 6.45) is 0. The molecular weight excluding hydrogens is 549 g/mol. The van der Waals surface area contributed by atoms with E-state index in [0.29, 0.717) is 27.3 Å². The van der Waals surface area contributed by atoms with Crippen LogP contribution in [0.25, 0.3) is 0 Å². The Bertz CT molecular complexity index is 1200. The van der Waals surface area contributed by atoms with Crippen molar-refractivity contribution in [2.75, 3.05) is 24.3 Å². The van der Waals surface area contributed by atoms with E-state index in [-0.39, 0.29) is 51.8 Å². The van der Waals surface area contributed by atoms with Crippen LogP contribution in [0.5, 0.6) is 0 Å². The number of fused-ring (bicyclic) bond motifs is 1. The molecule has 0 saturated carbocycles. The quantitative estimate of drug-likeness (QED) is 0.0669. The fraction of sp³-hybridized carbons (Fsp3) is 0.353. The Kier molecular flexibility index (Phi) is 9.55. The Balaban J connectivity index is 0.00000342. The number of aromatic nitrogens is 3. The van der Waals surface area contributed by atoms with Gasteiger partial charge in [0.05, 0.1) is 18.3 Å². The van der Waals surface area contributed by atoms with Crippen molar-refractivity contribution in [3.05, 3.63) is 27.4 Å². The predicted molar refractivity (Wildman–Crippen MR) is 123 cm³/mol. The minimum absolute atomic E-state index is 0. The second-order valence-electron chi connectivity index (χ2n) is 6.80. The van der Waals surface area contributed by atoms with Gasteiger partial charge in [0.15, 0.2) is 15.2 Å². The van der Waals surface area contributed by atoms with Gasteiger partial charge in [-0.25, -0.2) is 4.98 Å². The maximum atomic E-state index is 12.8. The zero-order valence-electron chi connectivity index (χ0n) is 18.3. The summed E-state index contributed by atoms with van der Waals surface area (Å²) in [4.78, 5) is 42.2. The van der Waals surface area contributed by atoms with E-state index in [1.165, 1.54) is 40.2 Å². The number of nitrogen functional groups attached to an aromatic ring is 1. The molecular formula is C17H16N7NaO6S4. The van der Waals surface area contributed by atoms with E-state index in [2.05, 4.69) is 25.7 Å². The molecule has 2 aromatic rings. The van der Waals surface area contributed by atoms with Crippen molar-refractivity contribution in [2.24, 2.45) is 5.16 Å². The molecule has 2 amide bonds. The number of nitrogens with one attached hydrogen (secondary N) is 1. The number of hydrogen-bond acceptors (Lipinski definition) is 15. The van der Waals surface area contributed by atoms with Crippen LogP contribution in [0.2, 0.25) is 0 Å². The summed E-state index contributed by atoms with van der Waals surface area (Å²) in [5.74, 6) is -2.34. The number of thioether (sulfide) groups is 2. The molecule has 1 saturated heterocycles. The molecule has 35 heavy (non-hydrogen) atoms. The number of amides is 2. The topological polar surface area (TPSA) is 196 Å². The molecule has 0 radical (unpaired) electrons. The summed E-state index contributed by atoms with van der Waals surface area (Å²) >= 11 is 4.99. The maximum Gasteiger partial charge on any atom is 1.00 e.